The average Bonchev–Trinajstić information content (AvgIpc) is 2.41. The lowest BCUT2D eigenvalue weighted by Gasteiger charge is -2.36. The van der Waals surface area contributed by atoms with Crippen LogP contribution < -0.4 is 11.1 Å². The third-order valence-corrected chi connectivity index (χ3v) is 4.10. The summed E-state index contributed by atoms with van der Waals surface area (Å²) in [4.78, 5) is 25.4. The summed E-state index contributed by atoms with van der Waals surface area (Å²) in [5, 5.41) is 3.39. The summed E-state index contributed by atoms with van der Waals surface area (Å²) >= 11 is 5.88. The normalized spacial score (nSPS) is 22.8. The second-order valence-electron chi connectivity index (χ2n) is 5.51. The average molecular weight is 310 g/mol. The van der Waals surface area contributed by atoms with Crippen LogP contribution in [-0.4, -0.2) is 35.8 Å². The van der Waals surface area contributed by atoms with Crippen LogP contribution in [0.4, 0.5) is 5.69 Å². The number of hydrogen-bond donors (Lipinski definition) is 2. The van der Waals surface area contributed by atoms with Crippen molar-refractivity contribution < 1.29 is 9.59 Å². The molecule has 0 bridgehead atoms. The molecule has 3 N–H and O–H groups in total. The molecule has 21 heavy (non-hydrogen) atoms. The minimum absolute atomic E-state index is 0.116. The zero-order valence-electron chi connectivity index (χ0n) is 12.0. The Morgan fingerprint density at radius 1 is 1.43 bits per heavy atom. The number of nitrogens with zero attached hydrogens (tertiary/aromatic N) is 1. The van der Waals surface area contributed by atoms with Gasteiger partial charge in [0.05, 0.1) is 12.5 Å². The van der Waals surface area contributed by atoms with E-state index in [4.69, 9.17) is 17.3 Å². The summed E-state index contributed by atoms with van der Waals surface area (Å²) in [6.07, 6.45) is 1.67. The van der Waals surface area contributed by atoms with Crippen molar-refractivity contribution in [2.45, 2.75) is 25.8 Å². The van der Waals surface area contributed by atoms with Gasteiger partial charge in [0.15, 0.2) is 0 Å². The first-order valence-electron chi connectivity index (χ1n) is 7.04. The van der Waals surface area contributed by atoms with Crippen LogP contribution in [0.25, 0.3) is 0 Å². The fraction of sp³-hybridized carbons (Fsp3) is 0.467. The fourth-order valence-electron chi connectivity index (χ4n) is 2.58. The van der Waals surface area contributed by atoms with Gasteiger partial charge in [0.25, 0.3) is 0 Å². The van der Waals surface area contributed by atoms with Gasteiger partial charge in [0.1, 0.15) is 0 Å². The molecule has 1 aliphatic rings. The predicted octanol–water partition coefficient (Wildman–Crippen LogP) is 1.86. The Bertz CT molecular complexity index is 535. The molecule has 2 amide bonds. The van der Waals surface area contributed by atoms with E-state index in [1.54, 1.807) is 24.3 Å². The summed E-state index contributed by atoms with van der Waals surface area (Å²) < 4.78 is 0. The van der Waals surface area contributed by atoms with Crippen molar-refractivity contribution in [1.82, 2.24) is 4.90 Å². The molecule has 5 nitrogen and oxygen atoms in total. The molecule has 6 heteroatoms. The summed E-state index contributed by atoms with van der Waals surface area (Å²) in [5.41, 5.74) is 6.04. The first-order valence-corrected chi connectivity index (χ1v) is 7.42. The Hall–Kier alpha value is -1.59. The Balaban J connectivity index is 1.93. The van der Waals surface area contributed by atoms with Crippen LogP contribution in [0, 0.1) is 5.92 Å². The molecule has 0 radical (unpaired) electrons. The molecule has 0 unspecified atom stereocenters. The van der Waals surface area contributed by atoms with E-state index in [1.807, 2.05) is 4.90 Å². The van der Waals surface area contributed by atoms with Crippen molar-refractivity contribution in [3.05, 3.63) is 29.3 Å². The second-order valence-corrected chi connectivity index (χ2v) is 5.95. The number of anilines is 1. The largest absolute Gasteiger partial charge is 0.369 e. The molecule has 114 valence electrons. The molecule has 0 saturated carbocycles. The van der Waals surface area contributed by atoms with Gasteiger partial charge in [-0.2, -0.15) is 0 Å². The van der Waals surface area contributed by atoms with Crippen molar-refractivity contribution in [2.24, 2.45) is 11.7 Å². The summed E-state index contributed by atoms with van der Waals surface area (Å²) in [6.45, 7) is 2.85. The standard InChI is InChI=1S/C15H20ClN3O2/c1-10-5-6-11(15(17)21)8-19(10)9-14(20)18-13-4-2-3-12(16)7-13/h2-4,7,10-11H,5-6,8-9H2,1H3,(H2,17,21)(H,18,20)/t10-,11-/m0/s1. The number of nitrogens with two attached hydrogens (primary N) is 1. The Labute approximate surface area is 129 Å². The summed E-state index contributed by atoms with van der Waals surface area (Å²) in [7, 11) is 0. The van der Waals surface area contributed by atoms with E-state index in [0.29, 0.717) is 17.3 Å². The summed E-state index contributed by atoms with van der Waals surface area (Å²) in [6, 6.07) is 7.29. The van der Waals surface area contributed by atoms with Crippen molar-refractivity contribution in [3.8, 4) is 0 Å². The molecule has 2 atom stereocenters. The van der Waals surface area contributed by atoms with E-state index in [2.05, 4.69) is 12.2 Å². The zero-order chi connectivity index (χ0) is 15.4. The highest BCUT2D eigenvalue weighted by Crippen LogP contribution is 2.21. The number of rotatable bonds is 4. The van der Waals surface area contributed by atoms with Crippen LogP contribution in [0.2, 0.25) is 5.02 Å². The number of halogens is 1. The van der Waals surface area contributed by atoms with E-state index in [0.717, 1.165) is 12.8 Å². The molecule has 0 aliphatic carbocycles. The molecule has 1 aromatic carbocycles. The van der Waals surface area contributed by atoms with E-state index < -0.39 is 0 Å². The lowest BCUT2D eigenvalue weighted by molar-refractivity contribution is -0.126. The first kappa shape index (κ1) is 15.8. The number of piperidine rings is 1. The van der Waals surface area contributed by atoms with Crippen molar-refractivity contribution >= 4 is 29.1 Å². The monoisotopic (exact) mass is 309 g/mol. The lowest BCUT2D eigenvalue weighted by Crippen LogP contribution is -2.48. The summed E-state index contributed by atoms with van der Waals surface area (Å²) in [5.74, 6) is -0.573. The molecule has 1 aromatic rings. The number of likely N-dealkylation sites (tertiary alicyclic amines) is 1. The first-order chi connectivity index (χ1) is 9.95. The molecular weight excluding hydrogens is 290 g/mol. The van der Waals surface area contributed by atoms with Crippen LogP contribution in [0.15, 0.2) is 24.3 Å². The van der Waals surface area contributed by atoms with E-state index in [9.17, 15) is 9.59 Å². The zero-order valence-corrected chi connectivity index (χ0v) is 12.8. The maximum Gasteiger partial charge on any atom is 0.238 e. The van der Waals surface area contributed by atoms with Crippen LogP contribution in [-0.2, 0) is 9.59 Å². The van der Waals surface area contributed by atoms with Gasteiger partial charge in [-0.15, -0.1) is 0 Å². The van der Waals surface area contributed by atoms with Gasteiger partial charge >= 0.3 is 0 Å². The van der Waals surface area contributed by atoms with E-state index in [-0.39, 0.29) is 30.3 Å². The molecule has 1 saturated heterocycles. The molecule has 0 spiro atoms. The fourth-order valence-corrected chi connectivity index (χ4v) is 2.77. The second kappa shape index (κ2) is 6.91. The SMILES string of the molecule is C[C@H]1CC[C@H](C(N)=O)CN1CC(=O)Nc1cccc(Cl)c1. The number of primary amides is 1. The Kier molecular flexibility index (Phi) is 5.20. The molecule has 1 aliphatic heterocycles. The maximum absolute atomic E-state index is 12.1. The third-order valence-electron chi connectivity index (χ3n) is 3.87. The highest BCUT2D eigenvalue weighted by atomic mass is 35.5. The quantitative estimate of drug-likeness (QED) is 0.891. The predicted molar refractivity (Wildman–Crippen MR) is 83.0 cm³/mol. The number of carbonyl (C=O) groups is 2. The minimum Gasteiger partial charge on any atom is -0.369 e. The van der Waals surface area contributed by atoms with Gasteiger partial charge in [-0.3, -0.25) is 14.5 Å². The van der Waals surface area contributed by atoms with Crippen molar-refractivity contribution in [3.63, 3.8) is 0 Å². The van der Waals surface area contributed by atoms with Crippen molar-refractivity contribution in [1.29, 1.82) is 0 Å². The van der Waals surface area contributed by atoms with E-state index >= 15 is 0 Å². The van der Waals surface area contributed by atoms with Gasteiger partial charge < -0.3 is 11.1 Å². The number of amides is 2. The molecular formula is C15H20ClN3O2. The van der Waals surface area contributed by atoms with Crippen LogP contribution in [0.5, 0.6) is 0 Å². The van der Waals surface area contributed by atoms with Gasteiger partial charge in [-0.1, -0.05) is 17.7 Å². The number of nitrogens with one attached hydrogen (secondary N) is 1. The number of carbonyl (C=O) groups excluding carboxylic acids is 2. The van der Waals surface area contributed by atoms with Gasteiger partial charge in [0, 0.05) is 23.3 Å². The lowest BCUT2D eigenvalue weighted by atomic mass is 9.93. The van der Waals surface area contributed by atoms with Gasteiger partial charge in [0.2, 0.25) is 11.8 Å². The minimum atomic E-state index is -0.290. The Morgan fingerprint density at radius 2 is 2.19 bits per heavy atom. The highest BCUT2D eigenvalue weighted by Gasteiger charge is 2.29. The molecule has 2 rings (SSSR count). The van der Waals surface area contributed by atoms with Crippen molar-refractivity contribution in [2.75, 3.05) is 18.4 Å². The van der Waals surface area contributed by atoms with E-state index in [1.165, 1.54) is 0 Å². The van der Waals surface area contributed by atoms with Crippen LogP contribution >= 0.6 is 11.6 Å². The number of benzene rings is 1. The number of hydrogen-bond acceptors (Lipinski definition) is 3. The highest BCUT2D eigenvalue weighted by molar-refractivity contribution is 6.30. The molecule has 1 heterocycles. The smallest absolute Gasteiger partial charge is 0.238 e. The van der Waals surface area contributed by atoms with Crippen LogP contribution in [0.1, 0.15) is 19.8 Å². The maximum atomic E-state index is 12.1. The van der Waals surface area contributed by atoms with Gasteiger partial charge in [-0.05, 0) is 38.0 Å². The van der Waals surface area contributed by atoms with Crippen LogP contribution in [0.3, 0.4) is 0 Å². The third kappa shape index (κ3) is 4.44. The molecule has 1 fully saturated rings. The molecule has 0 aromatic heterocycles. The van der Waals surface area contributed by atoms with Gasteiger partial charge in [-0.25, -0.2) is 0 Å². The Morgan fingerprint density at radius 3 is 2.86 bits per heavy atom. The topological polar surface area (TPSA) is 75.4 Å².